The number of hydrogen-bond donors (Lipinski definition) is 1. The Morgan fingerprint density at radius 3 is 2.43 bits per heavy atom. The summed E-state index contributed by atoms with van der Waals surface area (Å²) in [7, 11) is -3.57. The zero-order valence-corrected chi connectivity index (χ0v) is 16.3. The maximum Gasteiger partial charge on any atom is 0.243 e. The summed E-state index contributed by atoms with van der Waals surface area (Å²) >= 11 is 0. The van der Waals surface area contributed by atoms with Gasteiger partial charge in [0, 0.05) is 31.6 Å². The first-order valence-corrected chi connectivity index (χ1v) is 10.6. The van der Waals surface area contributed by atoms with Gasteiger partial charge >= 0.3 is 0 Å². The van der Waals surface area contributed by atoms with Crippen LogP contribution < -0.4 is 5.32 Å². The number of carbonyl (C=O) groups excluding carboxylic acids is 1. The number of nitrogens with zero attached hydrogens (tertiary/aromatic N) is 2. The van der Waals surface area contributed by atoms with E-state index in [2.05, 4.69) is 10.3 Å². The lowest BCUT2D eigenvalue weighted by Crippen LogP contribution is -2.37. The van der Waals surface area contributed by atoms with E-state index in [-0.39, 0.29) is 16.7 Å². The second kappa shape index (κ2) is 7.37. The fourth-order valence-electron chi connectivity index (χ4n) is 3.47. The van der Waals surface area contributed by atoms with Crippen LogP contribution in [0.4, 0.5) is 5.69 Å². The fourth-order valence-corrected chi connectivity index (χ4v) is 4.94. The van der Waals surface area contributed by atoms with Crippen LogP contribution in [0.15, 0.2) is 57.8 Å². The molecular weight excluding hydrogens is 378 g/mol. The van der Waals surface area contributed by atoms with Crippen molar-refractivity contribution in [2.75, 3.05) is 18.4 Å². The van der Waals surface area contributed by atoms with Crippen LogP contribution in [0.25, 0.3) is 11.1 Å². The number of aromatic nitrogens is 1. The maximum atomic E-state index is 12.9. The molecule has 146 valence electrons. The number of sulfonamides is 1. The second-order valence-corrected chi connectivity index (χ2v) is 8.84. The Morgan fingerprint density at radius 1 is 1.11 bits per heavy atom. The van der Waals surface area contributed by atoms with E-state index in [1.165, 1.54) is 23.4 Å². The van der Waals surface area contributed by atoms with E-state index in [0.717, 1.165) is 11.1 Å². The number of nitrogens with one attached hydrogen (secondary N) is 1. The molecule has 0 atom stereocenters. The van der Waals surface area contributed by atoms with Crippen LogP contribution in [-0.4, -0.2) is 36.7 Å². The lowest BCUT2D eigenvalue weighted by Gasteiger charge is -2.29. The zero-order valence-electron chi connectivity index (χ0n) is 15.5. The third-order valence-corrected chi connectivity index (χ3v) is 6.84. The second-order valence-electron chi connectivity index (χ2n) is 6.90. The predicted octanol–water partition coefficient (Wildman–Crippen LogP) is 3.35. The van der Waals surface area contributed by atoms with Gasteiger partial charge in [0.1, 0.15) is 5.52 Å². The Morgan fingerprint density at radius 2 is 1.79 bits per heavy atom. The first kappa shape index (κ1) is 18.6. The van der Waals surface area contributed by atoms with Gasteiger partial charge in [0.05, 0.1) is 4.90 Å². The number of amides is 1. The number of benzene rings is 2. The minimum absolute atomic E-state index is 0.112. The molecule has 1 saturated heterocycles. The topological polar surface area (TPSA) is 92.5 Å². The van der Waals surface area contributed by atoms with E-state index in [9.17, 15) is 13.2 Å². The highest BCUT2D eigenvalue weighted by Crippen LogP contribution is 2.32. The maximum absolute atomic E-state index is 12.9. The SMILES string of the molecule is CC(=O)Nc1ccc(S(=O)(=O)N2CCC(c3nc4ccccc4o3)CC2)cc1. The van der Waals surface area contributed by atoms with Gasteiger partial charge in [0.2, 0.25) is 15.9 Å². The highest BCUT2D eigenvalue weighted by molar-refractivity contribution is 7.89. The molecule has 1 aliphatic rings. The molecule has 1 aliphatic heterocycles. The monoisotopic (exact) mass is 399 g/mol. The van der Waals surface area contributed by atoms with Crippen molar-refractivity contribution < 1.29 is 17.6 Å². The molecule has 0 aliphatic carbocycles. The minimum atomic E-state index is -3.57. The van der Waals surface area contributed by atoms with Gasteiger partial charge in [-0.1, -0.05) is 12.1 Å². The van der Waals surface area contributed by atoms with Gasteiger partial charge in [0.25, 0.3) is 0 Å². The molecule has 3 aromatic rings. The van der Waals surface area contributed by atoms with Crippen molar-refractivity contribution in [3.05, 3.63) is 54.4 Å². The van der Waals surface area contributed by atoms with Gasteiger partial charge in [-0.25, -0.2) is 13.4 Å². The van der Waals surface area contributed by atoms with Crippen LogP contribution >= 0.6 is 0 Å². The number of carbonyl (C=O) groups is 1. The van der Waals surface area contributed by atoms with Gasteiger partial charge < -0.3 is 9.73 Å². The third kappa shape index (κ3) is 3.65. The Bertz CT molecular complexity index is 1060. The largest absolute Gasteiger partial charge is 0.440 e. The lowest BCUT2D eigenvalue weighted by atomic mass is 9.98. The molecule has 2 aromatic carbocycles. The molecule has 0 bridgehead atoms. The Hall–Kier alpha value is -2.71. The van der Waals surface area contributed by atoms with Gasteiger partial charge in [0.15, 0.2) is 11.5 Å². The molecule has 1 amide bonds. The Labute approximate surface area is 163 Å². The number of rotatable bonds is 4. The molecular formula is C20H21N3O4S. The van der Waals surface area contributed by atoms with Crippen LogP contribution in [0.5, 0.6) is 0 Å². The summed E-state index contributed by atoms with van der Waals surface area (Å²) in [6.45, 7) is 2.24. The molecule has 1 N–H and O–H groups in total. The molecule has 0 spiro atoms. The smallest absolute Gasteiger partial charge is 0.243 e. The van der Waals surface area contributed by atoms with E-state index < -0.39 is 10.0 Å². The molecule has 28 heavy (non-hydrogen) atoms. The van der Waals surface area contributed by atoms with Crippen molar-refractivity contribution in [1.29, 1.82) is 0 Å². The Balaban J connectivity index is 1.45. The highest BCUT2D eigenvalue weighted by Gasteiger charge is 2.31. The number of fused-ring (bicyclic) bond motifs is 1. The number of anilines is 1. The van der Waals surface area contributed by atoms with Crippen molar-refractivity contribution in [1.82, 2.24) is 9.29 Å². The van der Waals surface area contributed by atoms with Crippen molar-refractivity contribution in [2.45, 2.75) is 30.6 Å². The van der Waals surface area contributed by atoms with Crippen molar-refractivity contribution in [3.8, 4) is 0 Å². The normalized spacial score (nSPS) is 16.3. The van der Waals surface area contributed by atoms with Gasteiger partial charge in [-0.05, 0) is 49.2 Å². The molecule has 7 nitrogen and oxygen atoms in total. The Kier molecular flexibility index (Phi) is 4.91. The van der Waals surface area contributed by atoms with Gasteiger partial charge in [-0.15, -0.1) is 0 Å². The van der Waals surface area contributed by atoms with Crippen molar-refractivity contribution in [2.24, 2.45) is 0 Å². The predicted molar refractivity (Wildman–Crippen MR) is 105 cm³/mol. The molecule has 1 aromatic heterocycles. The molecule has 0 saturated carbocycles. The van der Waals surface area contributed by atoms with Crippen molar-refractivity contribution >= 4 is 32.7 Å². The van der Waals surface area contributed by atoms with Crippen molar-refractivity contribution in [3.63, 3.8) is 0 Å². The summed E-state index contributed by atoms with van der Waals surface area (Å²) < 4.78 is 33.2. The summed E-state index contributed by atoms with van der Waals surface area (Å²) in [4.78, 5) is 15.9. The summed E-state index contributed by atoms with van der Waals surface area (Å²) in [6, 6.07) is 13.9. The molecule has 8 heteroatoms. The van der Waals surface area contributed by atoms with E-state index >= 15 is 0 Å². The summed E-state index contributed by atoms with van der Waals surface area (Å²) in [5.74, 6) is 0.593. The van der Waals surface area contributed by atoms with Crippen LogP contribution in [0.3, 0.4) is 0 Å². The van der Waals surface area contributed by atoms with Crippen LogP contribution in [-0.2, 0) is 14.8 Å². The highest BCUT2D eigenvalue weighted by atomic mass is 32.2. The fraction of sp³-hybridized carbons (Fsp3) is 0.300. The van der Waals surface area contributed by atoms with Crippen LogP contribution in [0.2, 0.25) is 0 Å². The molecule has 4 rings (SSSR count). The van der Waals surface area contributed by atoms with E-state index in [4.69, 9.17) is 4.42 Å². The summed E-state index contributed by atoms with van der Waals surface area (Å²) in [5, 5.41) is 2.63. The first-order valence-electron chi connectivity index (χ1n) is 9.17. The quantitative estimate of drug-likeness (QED) is 0.726. The molecule has 0 unspecified atom stereocenters. The number of hydrogen-bond acceptors (Lipinski definition) is 5. The first-order chi connectivity index (χ1) is 13.4. The minimum Gasteiger partial charge on any atom is -0.440 e. The lowest BCUT2D eigenvalue weighted by molar-refractivity contribution is -0.114. The van der Waals surface area contributed by atoms with E-state index in [1.54, 1.807) is 12.1 Å². The molecule has 1 fully saturated rings. The average Bonchev–Trinajstić information content (AvgIpc) is 3.12. The number of para-hydroxylation sites is 2. The van der Waals surface area contributed by atoms with E-state index in [1.807, 2.05) is 24.3 Å². The zero-order chi connectivity index (χ0) is 19.7. The van der Waals surface area contributed by atoms with Crippen LogP contribution in [0, 0.1) is 0 Å². The standard InChI is InChI=1S/C20H21N3O4S/c1-14(24)21-16-6-8-17(9-7-16)28(25,26)23-12-10-15(11-13-23)20-22-18-4-2-3-5-19(18)27-20/h2-9,15H,10-13H2,1H3,(H,21,24). The average molecular weight is 399 g/mol. The summed E-state index contributed by atoms with van der Waals surface area (Å²) in [5.41, 5.74) is 2.15. The number of oxazole rings is 1. The third-order valence-electron chi connectivity index (χ3n) is 4.93. The van der Waals surface area contributed by atoms with Gasteiger partial charge in [-0.2, -0.15) is 4.31 Å². The van der Waals surface area contributed by atoms with Gasteiger partial charge in [-0.3, -0.25) is 4.79 Å². The van der Waals surface area contributed by atoms with E-state index in [0.29, 0.717) is 37.5 Å². The summed E-state index contributed by atoms with van der Waals surface area (Å²) in [6.07, 6.45) is 1.33. The van der Waals surface area contributed by atoms with Crippen LogP contribution in [0.1, 0.15) is 31.6 Å². The number of piperidine rings is 1. The molecule has 0 radical (unpaired) electrons. The molecule has 2 heterocycles.